The molecule has 6 nitrogen and oxygen atoms in total. The topological polar surface area (TPSA) is 81.4 Å². The highest BCUT2D eigenvalue weighted by molar-refractivity contribution is 5.94. The largest absolute Gasteiger partial charge is 0.449 e. The molecule has 1 N–H and O–H groups in total. The maximum absolute atomic E-state index is 12.9. The van der Waals surface area contributed by atoms with Crippen LogP contribution in [0.5, 0.6) is 0 Å². The zero-order valence-electron chi connectivity index (χ0n) is 14.6. The molecule has 1 atom stereocenters. The summed E-state index contributed by atoms with van der Waals surface area (Å²) < 4.78 is 23.2. The van der Waals surface area contributed by atoms with Crippen molar-refractivity contribution >= 4 is 11.9 Å². The molecule has 0 fully saturated rings. The lowest BCUT2D eigenvalue weighted by Crippen LogP contribution is -2.35. The maximum atomic E-state index is 12.9. The van der Waals surface area contributed by atoms with Gasteiger partial charge in [-0.05, 0) is 31.5 Å². The van der Waals surface area contributed by atoms with Crippen LogP contribution in [0.4, 0.5) is 4.39 Å². The summed E-state index contributed by atoms with van der Waals surface area (Å²) in [5, 5.41) is 6.43. The molecule has 0 radical (unpaired) electrons. The van der Waals surface area contributed by atoms with Gasteiger partial charge in [-0.3, -0.25) is 4.79 Å². The number of rotatable bonds is 6. The summed E-state index contributed by atoms with van der Waals surface area (Å²) in [6.45, 7) is 7.08. The molecule has 2 rings (SSSR count). The molecule has 2 aromatic rings. The van der Waals surface area contributed by atoms with Crippen LogP contribution in [0.25, 0.3) is 0 Å². The zero-order chi connectivity index (χ0) is 18.6. The quantitative estimate of drug-likeness (QED) is 0.811. The molecule has 0 aliphatic heterocycles. The number of carbonyl (C=O) groups excluding carboxylic acids is 2. The van der Waals surface area contributed by atoms with Crippen molar-refractivity contribution in [1.82, 2.24) is 10.5 Å². The fourth-order valence-corrected chi connectivity index (χ4v) is 2.24. The normalized spacial score (nSPS) is 12.1. The van der Waals surface area contributed by atoms with Crippen LogP contribution in [-0.4, -0.2) is 23.1 Å². The minimum atomic E-state index is -0.984. The van der Waals surface area contributed by atoms with Crippen LogP contribution in [0.1, 0.15) is 54.1 Å². The van der Waals surface area contributed by atoms with E-state index < -0.39 is 18.0 Å². The number of hydrogen-bond acceptors (Lipinski definition) is 5. The van der Waals surface area contributed by atoms with Gasteiger partial charge < -0.3 is 14.6 Å². The summed E-state index contributed by atoms with van der Waals surface area (Å²) in [4.78, 5) is 24.4. The van der Waals surface area contributed by atoms with E-state index in [1.54, 1.807) is 19.1 Å². The first kappa shape index (κ1) is 18.6. The molecule has 0 unspecified atom stereocenters. The predicted molar refractivity (Wildman–Crippen MR) is 88.5 cm³/mol. The number of hydrogen-bond donors (Lipinski definition) is 1. The second-order valence-corrected chi connectivity index (χ2v) is 6.05. The molecule has 134 valence electrons. The second kappa shape index (κ2) is 7.92. The number of ether oxygens (including phenoxy) is 1. The molecule has 0 aliphatic rings. The highest BCUT2D eigenvalue weighted by Gasteiger charge is 2.27. The number of carbonyl (C=O) groups is 2. The van der Waals surface area contributed by atoms with Gasteiger partial charge in [0.2, 0.25) is 0 Å². The van der Waals surface area contributed by atoms with E-state index >= 15 is 0 Å². The van der Waals surface area contributed by atoms with Crippen LogP contribution in [0.15, 0.2) is 28.8 Å². The van der Waals surface area contributed by atoms with Crippen molar-refractivity contribution in [3.63, 3.8) is 0 Å². The van der Waals surface area contributed by atoms with E-state index in [-0.39, 0.29) is 23.8 Å². The van der Waals surface area contributed by atoms with Crippen LogP contribution in [0, 0.1) is 12.7 Å². The first-order valence-corrected chi connectivity index (χ1v) is 7.99. The Morgan fingerprint density at radius 1 is 1.24 bits per heavy atom. The molecule has 1 aromatic carbocycles. The minimum absolute atomic E-state index is 0.0358. The monoisotopic (exact) mass is 348 g/mol. The average molecular weight is 348 g/mol. The molecule has 25 heavy (non-hydrogen) atoms. The van der Waals surface area contributed by atoms with Crippen molar-refractivity contribution < 1.29 is 23.2 Å². The third-order valence-electron chi connectivity index (χ3n) is 3.65. The van der Waals surface area contributed by atoms with E-state index in [4.69, 9.17) is 9.26 Å². The van der Waals surface area contributed by atoms with Gasteiger partial charge in [-0.2, -0.15) is 0 Å². The predicted octanol–water partition coefficient (Wildman–Crippen LogP) is 3.11. The lowest BCUT2D eigenvalue weighted by Gasteiger charge is -2.14. The Hall–Kier alpha value is -2.70. The number of aromatic nitrogens is 1. The van der Waals surface area contributed by atoms with Gasteiger partial charge in [-0.25, -0.2) is 9.18 Å². The SMILES string of the molecule is Cc1noc(C(C)C)c1C(=O)O[C@H](C)C(=O)NCc1ccc(F)cc1. The molecule has 1 amide bonds. The molecule has 0 spiro atoms. The number of benzene rings is 1. The molecular weight excluding hydrogens is 327 g/mol. The minimum Gasteiger partial charge on any atom is -0.449 e. The summed E-state index contributed by atoms with van der Waals surface area (Å²) in [5.41, 5.74) is 1.42. The van der Waals surface area contributed by atoms with Gasteiger partial charge in [-0.15, -0.1) is 0 Å². The van der Waals surface area contributed by atoms with E-state index in [0.717, 1.165) is 5.56 Å². The number of nitrogens with zero attached hydrogens (tertiary/aromatic N) is 1. The summed E-state index contributed by atoms with van der Waals surface area (Å²) in [6.07, 6.45) is -0.984. The van der Waals surface area contributed by atoms with Crippen LogP contribution < -0.4 is 5.32 Å². The Morgan fingerprint density at radius 3 is 2.48 bits per heavy atom. The number of amides is 1. The van der Waals surface area contributed by atoms with Crippen LogP contribution in [0.3, 0.4) is 0 Å². The first-order chi connectivity index (χ1) is 11.8. The van der Waals surface area contributed by atoms with Crippen LogP contribution in [-0.2, 0) is 16.1 Å². The van der Waals surface area contributed by atoms with Crippen molar-refractivity contribution in [3.8, 4) is 0 Å². The van der Waals surface area contributed by atoms with Gasteiger partial charge in [0.1, 0.15) is 11.4 Å². The first-order valence-electron chi connectivity index (χ1n) is 7.99. The Kier molecular flexibility index (Phi) is 5.90. The molecule has 0 aliphatic carbocycles. The molecule has 0 bridgehead atoms. The molecule has 1 heterocycles. The number of halogens is 1. The fraction of sp³-hybridized carbons (Fsp3) is 0.389. The van der Waals surface area contributed by atoms with Crippen LogP contribution >= 0.6 is 0 Å². The third kappa shape index (κ3) is 4.65. The summed E-state index contributed by atoms with van der Waals surface area (Å²) in [6, 6.07) is 5.77. The summed E-state index contributed by atoms with van der Waals surface area (Å²) in [5.74, 6) is -1.04. The highest BCUT2D eigenvalue weighted by atomic mass is 19.1. The second-order valence-electron chi connectivity index (χ2n) is 6.05. The Labute approximate surface area is 145 Å². The van der Waals surface area contributed by atoms with E-state index in [1.165, 1.54) is 19.1 Å². The van der Waals surface area contributed by atoms with Crippen molar-refractivity contribution in [2.75, 3.05) is 0 Å². The maximum Gasteiger partial charge on any atom is 0.344 e. The van der Waals surface area contributed by atoms with Gasteiger partial charge in [0.25, 0.3) is 5.91 Å². The van der Waals surface area contributed by atoms with Crippen molar-refractivity contribution in [2.45, 2.75) is 46.3 Å². The van der Waals surface area contributed by atoms with Gasteiger partial charge >= 0.3 is 5.97 Å². The fourth-order valence-electron chi connectivity index (χ4n) is 2.24. The number of aryl methyl sites for hydroxylation is 1. The number of esters is 1. The average Bonchev–Trinajstić information content (AvgIpc) is 2.96. The zero-order valence-corrected chi connectivity index (χ0v) is 14.6. The van der Waals surface area contributed by atoms with Gasteiger partial charge in [0.05, 0.1) is 5.69 Å². The van der Waals surface area contributed by atoms with E-state index in [1.807, 2.05) is 13.8 Å². The molecule has 0 saturated heterocycles. The summed E-state index contributed by atoms with van der Waals surface area (Å²) in [7, 11) is 0. The van der Waals surface area contributed by atoms with Crippen molar-refractivity contribution in [2.24, 2.45) is 0 Å². The highest BCUT2D eigenvalue weighted by Crippen LogP contribution is 2.23. The van der Waals surface area contributed by atoms with Gasteiger partial charge in [-0.1, -0.05) is 31.1 Å². The third-order valence-corrected chi connectivity index (χ3v) is 3.65. The standard InChI is InChI=1S/C18H21FN2O4/c1-10(2)16-15(11(3)21-25-16)18(23)24-12(4)17(22)20-9-13-5-7-14(19)8-6-13/h5-8,10,12H,9H2,1-4H3,(H,20,22)/t12-/m1/s1. The van der Waals surface area contributed by atoms with E-state index in [2.05, 4.69) is 10.5 Å². The number of nitrogens with one attached hydrogen (secondary N) is 1. The van der Waals surface area contributed by atoms with Crippen molar-refractivity contribution in [1.29, 1.82) is 0 Å². The van der Waals surface area contributed by atoms with E-state index in [0.29, 0.717) is 11.5 Å². The Morgan fingerprint density at radius 2 is 1.88 bits per heavy atom. The van der Waals surface area contributed by atoms with E-state index in [9.17, 15) is 14.0 Å². The Balaban J connectivity index is 1.95. The molecule has 7 heteroatoms. The van der Waals surface area contributed by atoms with Crippen LogP contribution in [0.2, 0.25) is 0 Å². The Bertz CT molecular complexity index is 753. The molecule has 1 aromatic heterocycles. The molecular formula is C18H21FN2O4. The van der Waals surface area contributed by atoms with Gasteiger partial charge in [0.15, 0.2) is 11.9 Å². The molecule has 0 saturated carbocycles. The van der Waals surface area contributed by atoms with Gasteiger partial charge in [0, 0.05) is 12.5 Å². The lowest BCUT2D eigenvalue weighted by atomic mass is 10.1. The summed E-state index contributed by atoms with van der Waals surface area (Å²) >= 11 is 0. The van der Waals surface area contributed by atoms with Crippen molar-refractivity contribution in [3.05, 3.63) is 52.7 Å². The smallest absolute Gasteiger partial charge is 0.344 e. The lowest BCUT2D eigenvalue weighted by molar-refractivity contribution is -0.129.